The van der Waals surface area contributed by atoms with Gasteiger partial charge in [-0.2, -0.15) is 13.2 Å². The number of alkyl halides is 3. The fraction of sp³-hybridized carbons (Fsp3) is 0.154. The average Bonchev–Trinajstić information content (AvgIpc) is 2.77. The van der Waals surface area contributed by atoms with E-state index in [1.807, 2.05) is 0 Å². The predicted octanol–water partition coefficient (Wildman–Crippen LogP) is 4.64. The quantitative estimate of drug-likeness (QED) is 0.727. The van der Waals surface area contributed by atoms with Gasteiger partial charge in [0.1, 0.15) is 0 Å². The Bertz CT molecular complexity index is 567. The van der Waals surface area contributed by atoms with Gasteiger partial charge < -0.3 is 0 Å². The molecule has 2 rings (SSSR count). The van der Waals surface area contributed by atoms with E-state index in [4.69, 9.17) is 0 Å². The van der Waals surface area contributed by atoms with Gasteiger partial charge in [0.2, 0.25) is 0 Å². The molecular weight excluding hydrogens is 261 g/mol. The lowest BCUT2D eigenvalue weighted by molar-refractivity contribution is -0.137. The van der Waals surface area contributed by atoms with Crippen LogP contribution in [0.3, 0.4) is 0 Å². The number of Topliss-reactive ketones (excluding diaryl/α,β-unsaturated/α-hetero) is 1. The Morgan fingerprint density at radius 3 is 2.11 bits per heavy atom. The standard InChI is InChI=1S/C13H9F3OS/c1-8(17)11-6-7-12(18-11)9-2-4-10(5-3-9)13(14,15)16/h2-7H,1H3. The molecule has 94 valence electrons. The number of benzene rings is 1. The first-order valence-electron chi connectivity index (χ1n) is 5.16. The summed E-state index contributed by atoms with van der Waals surface area (Å²) in [5.41, 5.74) is 0.00935. The molecule has 0 aliphatic heterocycles. The van der Waals surface area contributed by atoms with Gasteiger partial charge in [-0.3, -0.25) is 4.79 Å². The van der Waals surface area contributed by atoms with E-state index in [1.54, 1.807) is 12.1 Å². The maximum absolute atomic E-state index is 12.4. The zero-order chi connectivity index (χ0) is 13.3. The molecule has 0 spiro atoms. The van der Waals surface area contributed by atoms with Gasteiger partial charge in [0, 0.05) is 4.88 Å². The van der Waals surface area contributed by atoms with Gasteiger partial charge >= 0.3 is 6.18 Å². The highest BCUT2D eigenvalue weighted by atomic mass is 32.1. The molecule has 0 aliphatic carbocycles. The first kappa shape index (κ1) is 12.8. The lowest BCUT2D eigenvalue weighted by Gasteiger charge is -2.06. The number of ketones is 1. The molecule has 5 heteroatoms. The fourth-order valence-electron chi connectivity index (χ4n) is 1.51. The molecule has 0 aliphatic rings. The largest absolute Gasteiger partial charge is 0.416 e. The lowest BCUT2D eigenvalue weighted by Crippen LogP contribution is -2.03. The molecule has 1 nitrogen and oxygen atoms in total. The molecule has 0 amide bonds. The molecule has 0 atom stereocenters. The van der Waals surface area contributed by atoms with E-state index in [9.17, 15) is 18.0 Å². The van der Waals surface area contributed by atoms with Crippen LogP contribution in [0.25, 0.3) is 10.4 Å². The Morgan fingerprint density at radius 1 is 1.06 bits per heavy atom. The minimum absolute atomic E-state index is 0.0434. The molecular formula is C13H9F3OS. The normalized spacial score (nSPS) is 11.6. The van der Waals surface area contributed by atoms with Crippen molar-refractivity contribution in [2.24, 2.45) is 0 Å². The van der Waals surface area contributed by atoms with Crippen LogP contribution in [0.1, 0.15) is 22.2 Å². The molecule has 0 saturated carbocycles. The van der Waals surface area contributed by atoms with Gasteiger partial charge in [0.15, 0.2) is 5.78 Å². The molecule has 0 N–H and O–H groups in total. The van der Waals surface area contributed by atoms with Crippen molar-refractivity contribution in [2.45, 2.75) is 13.1 Å². The number of hydrogen-bond donors (Lipinski definition) is 0. The summed E-state index contributed by atoms with van der Waals surface area (Å²) in [6.07, 6.45) is -4.32. The third-order valence-electron chi connectivity index (χ3n) is 2.45. The molecule has 18 heavy (non-hydrogen) atoms. The highest BCUT2D eigenvalue weighted by Gasteiger charge is 2.29. The number of carbonyl (C=O) groups excluding carboxylic acids is 1. The van der Waals surface area contributed by atoms with Crippen molar-refractivity contribution >= 4 is 17.1 Å². The molecule has 1 aromatic carbocycles. The van der Waals surface area contributed by atoms with Crippen molar-refractivity contribution < 1.29 is 18.0 Å². The summed E-state index contributed by atoms with van der Waals surface area (Å²) in [5.74, 6) is -0.0434. The molecule has 1 aromatic heterocycles. The monoisotopic (exact) mass is 270 g/mol. The smallest absolute Gasteiger partial charge is 0.294 e. The van der Waals surface area contributed by atoms with Crippen LogP contribution >= 0.6 is 11.3 Å². The van der Waals surface area contributed by atoms with Gasteiger partial charge in [0.25, 0.3) is 0 Å². The van der Waals surface area contributed by atoms with Crippen LogP contribution in [0.5, 0.6) is 0 Å². The summed E-state index contributed by atoms with van der Waals surface area (Å²) in [5, 5.41) is 0. The van der Waals surface area contributed by atoms with Crippen molar-refractivity contribution in [3.05, 3.63) is 46.8 Å². The zero-order valence-electron chi connectivity index (χ0n) is 9.41. The first-order chi connectivity index (χ1) is 8.38. The summed E-state index contributed by atoms with van der Waals surface area (Å²) in [6.45, 7) is 1.46. The van der Waals surface area contributed by atoms with Crippen LogP contribution in [-0.4, -0.2) is 5.78 Å². The predicted molar refractivity (Wildman–Crippen MR) is 64.8 cm³/mol. The molecule has 0 fully saturated rings. The van der Waals surface area contributed by atoms with E-state index in [0.717, 1.165) is 17.0 Å². The summed E-state index contributed by atoms with van der Waals surface area (Å²) >= 11 is 1.28. The molecule has 0 unspecified atom stereocenters. The summed E-state index contributed by atoms with van der Waals surface area (Å²) in [6, 6.07) is 8.34. The Balaban J connectivity index is 2.31. The minimum Gasteiger partial charge on any atom is -0.294 e. The molecule has 1 heterocycles. The second-order valence-corrected chi connectivity index (χ2v) is 4.88. The Kier molecular flexibility index (Phi) is 3.26. The van der Waals surface area contributed by atoms with Crippen LogP contribution in [0.4, 0.5) is 13.2 Å². The summed E-state index contributed by atoms with van der Waals surface area (Å²) in [4.78, 5) is 12.5. The van der Waals surface area contributed by atoms with Gasteiger partial charge in [-0.25, -0.2) is 0 Å². The number of halogens is 3. The van der Waals surface area contributed by atoms with Crippen LogP contribution < -0.4 is 0 Å². The summed E-state index contributed by atoms with van der Waals surface area (Å²) < 4.78 is 37.2. The van der Waals surface area contributed by atoms with E-state index in [2.05, 4.69) is 0 Å². The van der Waals surface area contributed by atoms with Crippen molar-refractivity contribution in [1.82, 2.24) is 0 Å². The van der Waals surface area contributed by atoms with Crippen LogP contribution in [0.2, 0.25) is 0 Å². The minimum atomic E-state index is -4.32. The maximum Gasteiger partial charge on any atom is 0.416 e. The topological polar surface area (TPSA) is 17.1 Å². The van der Waals surface area contributed by atoms with E-state index in [-0.39, 0.29) is 5.78 Å². The SMILES string of the molecule is CC(=O)c1ccc(-c2ccc(C(F)(F)F)cc2)s1. The Morgan fingerprint density at radius 2 is 1.67 bits per heavy atom. The second kappa shape index (κ2) is 4.57. The molecule has 0 bridgehead atoms. The molecule has 0 radical (unpaired) electrons. The summed E-state index contributed by atoms with van der Waals surface area (Å²) in [7, 11) is 0. The number of hydrogen-bond acceptors (Lipinski definition) is 2. The van der Waals surface area contributed by atoms with Gasteiger partial charge in [0.05, 0.1) is 10.4 Å². The third-order valence-corrected chi connectivity index (χ3v) is 3.68. The van der Waals surface area contributed by atoms with E-state index in [0.29, 0.717) is 10.4 Å². The van der Waals surface area contributed by atoms with E-state index < -0.39 is 11.7 Å². The molecule has 0 saturated heterocycles. The maximum atomic E-state index is 12.4. The first-order valence-corrected chi connectivity index (χ1v) is 5.98. The second-order valence-electron chi connectivity index (χ2n) is 3.80. The third kappa shape index (κ3) is 2.61. The Hall–Kier alpha value is -1.62. The van der Waals surface area contributed by atoms with Crippen LogP contribution in [0.15, 0.2) is 36.4 Å². The number of rotatable bonds is 2. The van der Waals surface area contributed by atoms with Gasteiger partial charge in [-0.05, 0) is 36.8 Å². The van der Waals surface area contributed by atoms with E-state index in [1.165, 1.54) is 30.4 Å². The number of carbonyl (C=O) groups is 1. The van der Waals surface area contributed by atoms with Crippen molar-refractivity contribution in [2.75, 3.05) is 0 Å². The van der Waals surface area contributed by atoms with Gasteiger partial charge in [-0.15, -0.1) is 11.3 Å². The van der Waals surface area contributed by atoms with Crippen molar-refractivity contribution in [3.63, 3.8) is 0 Å². The highest BCUT2D eigenvalue weighted by molar-refractivity contribution is 7.17. The zero-order valence-corrected chi connectivity index (χ0v) is 10.2. The Labute approximate surface area is 106 Å². The van der Waals surface area contributed by atoms with Crippen molar-refractivity contribution in [1.29, 1.82) is 0 Å². The van der Waals surface area contributed by atoms with Crippen molar-refractivity contribution in [3.8, 4) is 10.4 Å². The lowest BCUT2D eigenvalue weighted by atomic mass is 10.1. The van der Waals surface area contributed by atoms with Crippen LogP contribution in [0, 0.1) is 0 Å². The van der Waals surface area contributed by atoms with E-state index >= 15 is 0 Å². The number of thiophene rings is 1. The average molecular weight is 270 g/mol. The molecule has 2 aromatic rings. The fourth-order valence-corrected chi connectivity index (χ4v) is 2.41. The highest BCUT2D eigenvalue weighted by Crippen LogP contribution is 2.33. The van der Waals surface area contributed by atoms with Gasteiger partial charge in [-0.1, -0.05) is 12.1 Å². The van der Waals surface area contributed by atoms with Crippen LogP contribution in [-0.2, 0) is 6.18 Å².